The summed E-state index contributed by atoms with van der Waals surface area (Å²) < 4.78 is 27.6. The normalized spacial score (nSPS) is 20.1. The third-order valence-electron chi connectivity index (χ3n) is 3.44. The van der Waals surface area contributed by atoms with Gasteiger partial charge in [0, 0.05) is 12.0 Å². The van der Waals surface area contributed by atoms with E-state index in [9.17, 15) is 18.3 Å². The van der Waals surface area contributed by atoms with Crippen LogP contribution in [0, 0.1) is 5.92 Å². The van der Waals surface area contributed by atoms with E-state index in [4.69, 9.17) is 4.74 Å². The largest absolute Gasteiger partial charge is 0.504 e. The van der Waals surface area contributed by atoms with Crippen LogP contribution in [0.25, 0.3) is 0 Å². The van der Waals surface area contributed by atoms with E-state index in [0.717, 1.165) is 0 Å². The zero-order valence-electron chi connectivity index (χ0n) is 12.2. The minimum absolute atomic E-state index is 0.0564. The second-order valence-corrected chi connectivity index (χ2v) is 7.39. The molecular weight excluding hydrogens is 308 g/mol. The third kappa shape index (κ3) is 4.20. The first-order valence-corrected chi connectivity index (χ1v) is 8.61. The Bertz CT molecular complexity index is 684. The number of methoxy groups -OCH3 is 1. The first kappa shape index (κ1) is 16.3. The number of nitrogens with zero attached hydrogens (tertiary/aromatic N) is 1. The van der Waals surface area contributed by atoms with Gasteiger partial charge in [-0.25, -0.2) is 13.8 Å². The summed E-state index contributed by atoms with van der Waals surface area (Å²) in [5, 5.41) is 13.6. The van der Waals surface area contributed by atoms with Gasteiger partial charge in [-0.3, -0.25) is 4.79 Å². The number of para-hydroxylation sites is 1. The zero-order valence-corrected chi connectivity index (χ0v) is 13.0. The Labute approximate surface area is 128 Å². The second-order valence-electron chi connectivity index (χ2n) is 5.16. The number of hydrazone groups is 1. The first-order chi connectivity index (χ1) is 10.4. The maximum atomic E-state index is 11.7. The number of phenols is 1. The van der Waals surface area contributed by atoms with Gasteiger partial charge in [0.05, 0.1) is 24.8 Å². The summed E-state index contributed by atoms with van der Waals surface area (Å²) in [6.45, 7) is 0. The van der Waals surface area contributed by atoms with E-state index in [2.05, 4.69) is 10.5 Å². The predicted molar refractivity (Wildman–Crippen MR) is 81.8 cm³/mol. The van der Waals surface area contributed by atoms with Crippen LogP contribution in [-0.4, -0.2) is 44.3 Å². The molecule has 1 aliphatic heterocycles. The van der Waals surface area contributed by atoms with Crippen molar-refractivity contribution in [3.63, 3.8) is 0 Å². The van der Waals surface area contributed by atoms with Gasteiger partial charge in [-0.05, 0) is 24.5 Å². The summed E-state index contributed by atoms with van der Waals surface area (Å²) in [5.41, 5.74) is 2.74. The number of amides is 1. The van der Waals surface area contributed by atoms with Crippen molar-refractivity contribution in [1.29, 1.82) is 0 Å². The van der Waals surface area contributed by atoms with Crippen molar-refractivity contribution < 1.29 is 23.1 Å². The monoisotopic (exact) mass is 326 g/mol. The predicted octanol–water partition coefficient (Wildman–Crippen LogP) is 0.676. The van der Waals surface area contributed by atoms with Crippen LogP contribution in [0.15, 0.2) is 23.3 Å². The van der Waals surface area contributed by atoms with Gasteiger partial charge in [-0.15, -0.1) is 0 Å². The number of rotatable bonds is 5. The number of nitrogens with one attached hydrogen (secondary N) is 1. The molecule has 0 unspecified atom stereocenters. The smallest absolute Gasteiger partial charge is 0.240 e. The van der Waals surface area contributed by atoms with Crippen LogP contribution in [0.3, 0.4) is 0 Å². The van der Waals surface area contributed by atoms with Gasteiger partial charge >= 0.3 is 0 Å². The molecule has 0 aliphatic carbocycles. The van der Waals surface area contributed by atoms with Gasteiger partial charge in [-0.1, -0.05) is 6.07 Å². The van der Waals surface area contributed by atoms with Gasteiger partial charge < -0.3 is 9.84 Å². The first-order valence-electron chi connectivity index (χ1n) is 6.79. The molecule has 1 amide bonds. The van der Waals surface area contributed by atoms with Crippen molar-refractivity contribution in [3.05, 3.63) is 23.8 Å². The Balaban J connectivity index is 1.89. The molecule has 1 aliphatic rings. The van der Waals surface area contributed by atoms with E-state index in [1.165, 1.54) is 13.3 Å². The fourth-order valence-corrected chi connectivity index (χ4v) is 4.18. The highest BCUT2D eigenvalue weighted by Crippen LogP contribution is 2.28. The Morgan fingerprint density at radius 3 is 2.95 bits per heavy atom. The second kappa shape index (κ2) is 6.78. The van der Waals surface area contributed by atoms with Crippen LogP contribution in [0.2, 0.25) is 0 Å². The Hall–Kier alpha value is -2.09. The standard InChI is InChI=1S/C14H18N2O5S/c1-21-12-4-2-3-11(14(12)18)8-15-16-13(17)7-10-5-6-22(19,20)9-10/h2-4,8,10,18H,5-7,9H2,1H3,(H,16,17)/b15-8+/t10-/m1/s1. The molecule has 0 radical (unpaired) electrons. The number of ether oxygens (including phenoxy) is 1. The molecule has 2 N–H and O–H groups in total. The molecule has 120 valence electrons. The summed E-state index contributed by atoms with van der Waals surface area (Å²) in [7, 11) is -1.55. The Morgan fingerprint density at radius 1 is 1.55 bits per heavy atom. The lowest BCUT2D eigenvalue weighted by Gasteiger charge is -2.06. The highest BCUT2D eigenvalue weighted by molar-refractivity contribution is 7.91. The SMILES string of the molecule is COc1cccc(/C=N/NC(=O)C[C@H]2CCS(=O)(=O)C2)c1O. The topological polar surface area (TPSA) is 105 Å². The van der Waals surface area contributed by atoms with Gasteiger partial charge in [0.1, 0.15) is 0 Å². The molecule has 0 bridgehead atoms. The minimum Gasteiger partial charge on any atom is -0.504 e. The molecule has 1 aromatic carbocycles. The maximum absolute atomic E-state index is 11.7. The lowest BCUT2D eigenvalue weighted by atomic mass is 10.1. The number of hydrogen-bond donors (Lipinski definition) is 2. The molecule has 1 aromatic rings. The van der Waals surface area contributed by atoms with Crippen molar-refractivity contribution in [2.75, 3.05) is 18.6 Å². The van der Waals surface area contributed by atoms with Gasteiger partial charge in [0.15, 0.2) is 21.3 Å². The minimum atomic E-state index is -2.98. The number of carbonyl (C=O) groups is 1. The molecule has 1 heterocycles. The summed E-state index contributed by atoms with van der Waals surface area (Å²) in [4.78, 5) is 11.7. The molecule has 1 fully saturated rings. The van der Waals surface area contributed by atoms with Crippen LogP contribution in [-0.2, 0) is 14.6 Å². The lowest BCUT2D eigenvalue weighted by Crippen LogP contribution is -2.21. The molecule has 0 saturated carbocycles. The highest BCUT2D eigenvalue weighted by Gasteiger charge is 2.29. The van der Waals surface area contributed by atoms with Crippen LogP contribution in [0.4, 0.5) is 0 Å². The van der Waals surface area contributed by atoms with Crippen LogP contribution in [0.1, 0.15) is 18.4 Å². The van der Waals surface area contributed by atoms with E-state index in [0.29, 0.717) is 17.7 Å². The van der Waals surface area contributed by atoms with Crippen LogP contribution >= 0.6 is 0 Å². The number of aromatic hydroxyl groups is 1. The van der Waals surface area contributed by atoms with Gasteiger partial charge in [-0.2, -0.15) is 5.10 Å². The van der Waals surface area contributed by atoms with Gasteiger partial charge in [0.2, 0.25) is 5.91 Å². The fourth-order valence-electron chi connectivity index (χ4n) is 2.32. The summed E-state index contributed by atoms with van der Waals surface area (Å²) in [6.07, 6.45) is 1.94. The molecule has 1 atom stereocenters. The molecule has 2 rings (SSSR count). The van der Waals surface area contributed by atoms with E-state index in [1.54, 1.807) is 18.2 Å². The van der Waals surface area contributed by atoms with Crippen LogP contribution < -0.4 is 10.2 Å². The number of phenolic OH excluding ortho intramolecular Hbond substituents is 1. The fraction of sp³-hybridized carbons (Fsp3) is 0.429. The number of sulfone groups is 1. The van der Waals surface area contributed by atoms with E-state index in [1.807, 2.05) is 0 Å². The summed E-state index contributed by atoms with van der Waals surface area (Å²) in [5.74, 6) is -0.0466. The molecule has 7 nitrogen and oxygen atoms in total. The number of hydrogen-bond acceptors (Lipinski definition) is 6. The van der Waals surface area contributed by atoms with E-state index >= 15 is 0 Å². The molecular formula is C14H18N2O5S. The molecule has 22 heavy (non-hydrogen) atoms. The Kier molecular flexibility index (Phi) is 5.02. The van der Waals surface area contributed by atoms with Crippen molar-refractivity contribution in [1.82, 2.24) is 5.43 Å². The lowest BCUT2D eigenvalue weighted by molar-refractivity contribution is -0.121. The molecule has 0 aromatic heterocycles. The highest BCUT2D eigenvalue weighted by atomic mass is 32.2. The van der Waals surface area contributed by atoms with Gasteiger partial charge in [0.25, 0.3) is 0 Å². The van der Waals surface area contributed by atoms with Crippen molar-refractivity contribution in [2.24, 2.45) is 11.0 Å². The van der Waals surface area contributed by atoms with Crippen molar-refractivity contribution in [3.8, 4) is 11.5 Å². The maximum Gasteiger partial charge on any atom is 0.240 e. The summed E-state index contributed by atoms with van der Waals surface area (Å²) in [6, 6.07) is 4.91. The van der Waals surface area contributed by atoms with Crippen molar-refractivity contribution in [2.45, 2.75) is 12.8 Å². The molecule has 0 spiro atoms. The van der Waals surface area contributed by atoms with Crippen molar-refractivity contribution >= 4 is 22.0 Å². The van der Waals surface area contributed by atoms with E-state index in [-0.39, 0.29) is 35.5 Å². The third-order valence-corrected chi connectivity index (χ3v) is 5.28. The van der Waals surface area contributed by atoms with Crippen LogP contribution in [0.5, 0.6) is 11.5 Å². The average Bonchev–Trinajstić information content (AvgIpc) is 2.79. The quantitative estimate of drug-likeness (QED) is 0.611. The number of carbonyl (C=O) groups excluding carboxylic acids is 1. The molecule has 8 heteroatoms. The Morgan fingerprint density at radius 2 is 2.32 bits per heavy atom. The zero-order chi connectivity index (χ0) is 16.2. The number of benzene rings is 1. The molecule has 1 saturated heterocycles. The summed E-state index contributed by atoms with van der Waals surface area (Å²) >= 11 is 0. The van der Waals surface area contributed by atoms with E-state index < -0.39 is 9.84 Å². The average molecular weight is 326 g/mol.